The van der Waals surface area contributed by atoms with E-state index in [-0.39, 0.29) is 36.3 Å². The molecule has 2 N–H and O–H groups in total. The first-order valence-corrected chi connectivity index (χ1v) is 12.0. The molecule has 0 atom stereocenters. The number of aromatic nitrogens is 1. The summed E-state index contributed by atoms with van der Waals surface area (Å²) in [5, 5.41) is 3.00. The quantitative estimate of drug-likeness (QED) is 0.337. The van der Waals surface area contributed by atoms with E-state index in [1.165, 1.54) is 0 Å². The van der Waals surface area contributed by atoms with Gasteiger partial charge in [0, 0.05) is 62.4 Å². The standard InChI is InChI=1S/C14H24N6O2S3.HI/c15-13(16-2-12-25(21,22)20-7-10-23-11-8-20)18-3-5-19(6-4-18)14-17-1-9-24-14;/h1,9H,2-8,10-12H2,(H2,15,16);1H. The maximum Gasteiger partial charge on any atom is 0.215 e. The van der Waals surface area contributed by atoms with Gasteiger partial charge >= 0.3 is 0 Å². The molecule has 0 unspecified atom stereocenters. The highest BCUT2D eigenvalue weighted by atomic mass is 127. The van der Waals surface area contributed by atoms with Gasteiger partial charge in [-0.3, -0.25) is 4.99 Å². The highest BCUT2D eigenvalue weighted by Crippen LogP contribution is 2.18. The van der Waals surface area contributed by atoms with E-state index in [4.69, 9.17) is 5.73 Å². The summed E-state index contributed by atoms with van der Waals surface area (Å²) in [5.74, 6) is 2.20. The van der Waals surface area contributed by atoms with Gasteiger partial charge in [0.15, 0.2) is 11.1 Å². The summed E-state index contributed by atoms with van der Waals surface area (Å²) in [6.07, 6.45) is 1.81. The minimum atomic E-state index is -3.22. The van der Waals surface area contributed by atoms with Crippen LogP contribution in [0.15, 0.2) is 16.6 Å². The van der Waals surface area contributed by atoms with Gasteiger partial charge in [-0.25, -0.2) is 17.7 Å². The van der Waals surface area contributed by atoms with E-state index < -0.39 is 10.0 Å². The van der Waals surface area contributed by atoms with Crippen molar-refractivity contribution in [3.05, 3.63) is 11.6 Å². The molecule has 12 heteroatoms. The van der Waals surface area contributed by atoms with Gasteiger partial charge in [-0.05, 0) is 0 Å². The van der Waals surface area contributed by atoms with Gasteiger partial charge in [0.25, 0.3) is 0 Å². The molecule has 3 heterocycles. The maximum atomic E-state index is 12.3. The second-order valence-corrected chi connectivity index (χ2v) is 10.0. The minimum Gasteiger partial charge on any atom is -0.370 e. The van der Waals surface area contributed by atoms with E-state index in [9.17, 15) is 8.42 Å². The minimum absolute atomic E-state index is 0. The highest BCUT2D eigenvalue weighted by Gasteiger charge is 2.24. The molecule has 0 amide bonds. The Morgan fingerprint density at radius 3 is 2.50 bits per heavy atom. The molecule has 2 aliphatic rings. The summed E-state index contributed by atoms with van der Waals surface area (Å²) < 4.78 is 26.2. The molecule has 26 heavy (non-hydrogen) atoms. The number of thioether (sulfide) groups is 1. The van der Waals surface area contributed by atoms with Gasteiger partial charge in [0.2, 0.25) is 10.0 Å². The molecule has 148 valence electrons. The van der Waals surface area contributed by atoms with Crippen LogP contribution in [0.5, 0.6) is 0 Å². The average Bonchev–Trinajstić information content (AvgIpc) is 3.17. The van der Waals surface area contributed by atoms with Gasteiger partial charge in [0.1, 0.15) is 0 Å². The molecule has 0 aliphatic carbocycles. The number of piperazine rings is 1. The van der Waals surface area contributed by atoms with Crippen molar-refractivity contribution in [1.82, 2.24) is 14.2 Å². The maximum absolute atomic E-state index is 12.3. The topological polar surface area (TPSA) is 95.1 Å². The van der Waals surface area contributed by atoms with Crippen molar-refractivity contribution in [2.45, 2.75) is 0 Å². The Kier molecular flexibility index (Phi) is 8.70. The third kappa shape index (κ3) is 5.84. The molecule has 0 spiro atoms. The molecule has 0 aromatic carbocycles. The van der Waals surface area contributed by atoms with Crippen molar-refractivity contribution < 1.29 is 8.42 Å². The Hall–Kier alpha value is -0.310. The number of hydrogen-bond donors (Lipinski definition) is 1. The fourth-order valence-corrected chi connectivity index (χ4v) is 5.98. The largest absolute Gasteiger partial charge is 0.370 e. The molecular formula is C14H25IN6O2S3. The molecule has 2 aliphatic heterocycles. The first-order chi connectivity index (χ1) is 12.1. The summed E-state index contributed by atoms with van der Waals surface area (Å²) in [7, 11) is -3.22. The number of hydrogen-bond acceptors (Lipinski definition) is 7. The summed E-state index contributed by atoms with van der Waals surface area (Å²) in [4.78, 5) is 12.9. The van der Waals surface area contributed by atoms with E-state index in [0.717, 1.165) is 42.8 Å². The monoisotopic (exact) mass is 532 g/mol. The summed E-state index contributed by atoms with van der Waals surface area (Å²) in [5.41, 5.74) is 6.05. The van der Waals surface area contributed by atoms with E-state index in [2.05, 4.69) is 14.9 Å². The van der Waals surface area contributed by atoms with E-state index in [1.54, 1.807) is 27.4 Å². The number of nitrogens with zero attached hydrogens (tertiary/aromatic N) is 5. The second kappa shape index (κ2) is 10.3. The van der Waals surface area contributed by atoms with Crippen molar-refractivity contribution in [3.63, 3.8) is 0 Å². The SMILES string of the molecule is I.NC(=NCCS(=O)(=O)N1CCSCC1)N1CCN(c2nccs2)CC1. The number of halogens is 1. The van der Waals surface area contributed by atoms with Gasteiger partial charge in [-0.1, -0.05) is 0 Å². The Morgan fingerprint density at radius 2 is 1.88 bits per heavy atom. The first kappa shape index (κ1) is 22.0. The average molecular weight is 532 g/mol. The molecule has 0 saturated carbocycles. The van der Waals surface area contributed by atoms with E-state index in [0.29, 0.717) is 19.0 Å². The van der Waals surface area contributed by atoms with Crippen LogP contribution in [0.25, 0.3) is 0 Å². The number of sulfonamides is 1. The molecule has 8 nitrogen and oxygen atoms in total. The Bertz CT molecular complexity index is 671. The van der Waals surface area contributed by atoms with Crippen molar-refractivity contribution in [3.8, 4) is 0 Å². The lowest BCUT2D eigenvalue weighted by atomic mass is 10.3. The predicted octanol–water partition coefficient (Wildman–Crippen LogP) is 0.576. The van der Waals surface area contributed by atoms with Crippen LogP contribution in [0.1, 0.15) is 0 Å². The predicted molar refractivity (Wildman–Crippen MR) is 120 cm³/mol. The Balaban J connectivity index is 0.00000243. The molecular weight excluding hydrogens is 507 g/mol. The highest BCUT2D eigenvalue weighted by molar-refractivity contribution is 14.0. The normalized spacial score (nSPS) is 20.1. The van der Waals surface area contributed by atoms with Crippen molar-refractivity contribution in [2.75, 3.05) is 68.0 Å². The lowest BCUT2D eigenvalue weighted by molar-refractivity contribution is 0.381. The zero-order valence-corrected chi connectivity index (χ0v) is 19.3. The zero-order chi connectivity index (χ0) is 17.7. The second-order valence-electron chi connectivity index (χ2n) is 5.86. The third-order valence-electron chi connectivity index (χ3n) is 4.28. The van der Waals surface area contributed by atoms with Gasteiger partial charge < -0.3 is 15.5 Å². The molecule has 0 bridgehead atoms. The molecule has 2 saturated heterocycles. The number of anilines is 1. The number of rotatable bonds is 5. The molecule has 1 aromatic rings. The van der Waals surface area contributed by atoms with Crippen molar-refractivity contribution in [2.24, 2.45) is 10.7 Å². The van der Waals surface area contributed by atoms with Gasteiger partial charge in [-0.2, -0.15) is 11.8 Å². The van der Waals surface area contributed by atoms with Crippen LogP contribution < -0.4 is 10.6 Å². The van der Waals surface area contributed by atoms with Crippen LogP contribution in [0.4, 0.5) is 5.13 Å². The van der Waals surface area contributed by atoms with Crippen molar-refractivity contribution >= 4 is 68.2 Å². The molecule has 1 aromatic heterocycles. The van der Waals surface area contributed by atoms with Crippen LogP contribution in [0.2, 0.25) is 0 Å². The number of guanidine groups is 1. The van der Waals surface area contributed by atoms with Crippen LogP contribution in [-0.4, -0.2) is 91.6 Å². The fraction of sp³-hybridized carbons (Fsp3) is 0.714. The molecule has 0 radical (unpaired) electrons. The van der Waals surface area contributed by atoms with E-state index in [1.807, 2.05) is 16.5 Å². The van der Waals surface area contributed by atoms with Gasteiger partial charge in [0.05, 0.1) is 12.3 Å². The number of nitrogens with two attached hydrogens (primary N) is 1. The number of aliphatic imine (C=N–C) groups is 1. The Labute approximate surface area is 180 Å². The summed E-state index contributed by atoms with van der Waals surface area (Å²) in [6, 6.07) is 0. The van der Waals surface area contributed by atoms with Crippen LogP contribution in [0, 0.1) is 0 Å². The molecule has 2 fully saturated rings. The van der Waals surface area contributed by atoms with Crippen LogP contribution in [0.3, 0.4) is 0 Å². The molecule has 3 rings (SSSR count). The fourth-order valence-electron chi connectivity index (χ4n) is 2.83. The van der Waals surface area contributed by atoms with Crippen molar-refractivity contribution in [1.29, 1.82) is 0 Å². The lowest BCUT2D eigenvalue weighted by Crippen LogP contribution is -2.51. The summed E-state index contributed by atoms with van der Waals surface area (Å²) in [6.45, 7) is 4.64. The van der Waals surface area contributed by atoms with Crippen LogP contribution >= 0.6 is 47.1 Å². The lowest BCUT2D eigenvalue weighted by Gasteiger charge is -2.35. The van der Waals surface area contributed by atoms with Gasteiger partial charge in [-0.15, -0.1) is 35.3 Å². The first-order valence-electron chi connectivity index (χ1n) is 8.31. The smallest absolute Gasteiger partial charge is 0.215 e. The third-order valence-corrected chi connectivity index (χ3v) is 7.91. The summed E-state index contributed by atoms with van der Waals surface area (Å²) >= 11 is 3.42. The Morgan fingerprint density at radius 1 is 1.19 bits per heavy atom. The zero-order valence-electron chi connectivity index (χ0n) is 14.5. The van der Waals surface area contributed by atoms with Crippen LogP contribution in [-0.2, 0) is 10.0 Å². The van der Waals surface area contributed by atoms with E-state index >= 15 is 0 Å². The number of thiazole rings is 1.